The summed E-state index contributed by atoms with van der Waals surface area (Å²) in [5.41, 5.74) is 1.83. The predicted molar refractivity (Wildman–Crippen MR) is 94.6 cm³/mol. The summed E-state index contributed by atoms with van der Waals surface area (Å²) in [7, 11) is 0. The van der Waals surface area contributed by atoms with Crippen LogP contribution in [0.3, 0.4) is 0 Å². The molecule has 3 N–H and O–H groups in total. The Bertz CT molecular complexity index is 639. The normalized spacial score (nSPS) is 34.7. The quantitative estimate of drug-likeness (QED) is 0.687. The Morgan fingerprint density at radius 3 is 1.92 bits per heavy atom. The molecule has 5 rings (SSSR count). The Morgan fingerprint density at radius 2 is 1.46 bits per heavy atom. The van der Waals surface area contributed by atoms with Crippen molar-refractivity contribution in [2.45, 2.75) is 76.5 Å². The molecule has 4 bridgehead atoms. The molecule has 0 radical (unpaired) electrons. The van der Waals surface area contributed by atoms with Crippen LogP contribution in [0.25, 0.3) is 0 Å². The van der Waals surface area contributed by atoms with Crippen LogP contribution in [0.5, 0.6) is 17.2 Å². The van der Waals surface area contributed by atoms with Crippen LogP contribution < -0.4 is 0 Å². The highest BCUT2D eigenvalue weighted by Gasteiger charge is 2.53. The van der Waals surface area contributed by atoms with Gasteiger partial charge in [0.2, 0.25) is 5.75 Å². The summed E-state index contributed by atoms with van der Waals surface area (Å²) < 4.78 is 0. The smallest absolute Gasteiger partial charge is 0.200 e. The third-order valence-electron chi connectivity index (χ3n) is 7.42. The summed E-state index contributed by atoms with van der Waals surface area (Å²) >= 11 is 0. The number of phenolic OH excluding ortho intramolecular Hbond substituents is 3. The summed E-state index contributed by atoms with van der Waals surface area (Å²) in [6, 6.07) is 1.77. The monoisotopic (exact) mass is 330 g/mol. The van der Waals surface area contributed by atoms with Crippen LogP contribution in [-0.4, -0.2) is 15.3 Å². The zero-order valence-electron chi connectivity index (χ0n) is 15.1. The Morgan fingerprint density at radius 1 is 0.958 bits per heavy atom. The average molecular weight is 330 g/mol. The van der Waals surface area contributed by atoms with Gasteiger partial charge >= 0.3 is 0 Å². The molecule has 4 saturated carbocycles. The van der Waals surface area contributed by atoms with E-state index in [1.54, 1.807) is 6.07 Å². The van der Waals surface area contributed by atoms with Crippen LogP contribution in [0.4, 0.5) is 0 Å². The second kappa shape index (κ2) is 5.06. The van der Waals surface area contributed by atoms with Crippen molar-refractivity contribution in [3.05, 3.63) is 17.2 Å². The van der Waals surface area contributed by atoms with E-state index in [9.17, 15) is 15.3 Å². The van der Waals surface area contributed by atoms with Crippen LogP contribution >= 0.6 is 0 Å². The van der Waals surface area contributed by atoms with Gasteiger partial charge < -0.3 is 15.3 Å². The Kier molecular flexibility index (Phi) is 3.40. The molecular weight excluding hydrogens is 300 g/mol. The van der Waals surface area contributed by atoms with Gasteiger partial charge in [0.25, 0.3) is 0 Å². The molecule has 24 heavy (non-hydrogen) atoms. The van der Waals surface area contributed by atoms with Crippen molar-refractivity contribution in [2.24, 2.45) is 17.8 Å². The minimum absolute atomic E-state index is 0.0825. The maximum Gasteiger partial charge on any atom is 0.200 e. The SMILES string of the molecule is CCC(C)(C)c1c(C23CC4CC(CC(C4)C2)C3)cc(O)c(O)c1O. The van der Waals surface area contributed by atoms with Crippen LogP contribution in [-0.2, 0) is 10.8 Å². The second-order valence-electron chi connectivity index (χ2n) is 9.45. The highest BCUT2D eigenvalue weighted by Crippen LogP contribution is 2.63. The zero-order valence-corrected chi connectivity index (χ0v) is 15.1. The second-order valence-corrected chi connectivity index (χ2v) is 9.45. The van der Waals surface area contributed by atoms with E-state index >= 15 is 0 Å². The van der Waals surface area contributed by atoms with Crippen LogP contribution in [0.15, 0.2) is 6.07 Å². The van der Waals surface area contributed by atoms with Crippen molar-refractivity contribution in [3.63, 3.8) is 0 Å². The van der Waals surface area contributed by atoms with Gasteiger partial charge in [-0.1, -0.05) is 20.8 Å². The van der Waals surface area contributed by atoms with Gasteiger partial charge in [0.05, 0.1) is 0 Å². The summed E-state index contributed by atoms with van der Waals surface area (Å²) in [6.07, 6.45) is 8.50. The first-order valence-electron chi connectivity index (χ1n) is 9.54. The minimum Gasteiger partial charge on any atom is -0.504 e. The van der Waals surface area contributed by atoms with Gasteiger partial charge in [-0.2, -0.15) is 0 Å². The zero-order chi connectivity index (χ0) is 17.3. The fraction of sp³-hybridized carbons (Fsp3) is 0.714. The Balaban J connectivity index is 1.92. The first kappa shape index (κ1) is 16.1. The van der Waals surface area contributed by atoms with E-state index in [-0.39, 0.29) is 28.1 Å². The van der Waals surface area contributed by atoms with E-state index in [2.05, 4.69) is 20.8 Å². The fourth-order valence-electron chi connectivity index (χ4n) is 6.37. The van der Waals surface area contributed by atoms with E-state index in [4.69, 9.17) is 0 Å². The van der Waals surface area contributed by atoms with Gasteiger partial charge in [0, 0.05) is 5.56 Å². The molecule has 0 aliphatic heterocycles. The van der Waals surface area contributed by atoms with Crippen molar-refractivity contribution in [2.75, 3.05) is 0 Å². The Hall–Kier alpha value is -1.38. The lowest BCUT2D eigenvalue weighted by Gasteiger charge is -2.58. The van der Waals surface area contributed by atoms with Gasteiger partial charge in [-0.15, -0.1) is 0 Å². The maximum absolute atomic E-state index is 10.7. The molecule has 0 amide bonds. The van der Waals surface area contributed by atoms with Crippen LogP contribution in [0.1, 0.15) is 76.8 Å². The molecule has 0 saturated heterocycles. The van der Waals surface area contributed by atoms with Crippen molar-refractivity contribution in [3.8, 4) is 17.2 Å². The number of phenols is 3. The third-order valence-corrected chi connectivity index (χ3v) is 7.42. The molecule has 4 aliphatic carbocycles. The van der Waals surface area contributed by atoms with Gasteiger partial charge in [0.1, 0.15) is 0 Å². The van der Waals surface area contributed by atoms with Gasteiger partial charge in [-0.05, 0) is 85.2 Å². The fourth-order valence-corrected chi connectivity index (χ4v) is 6.37. The molecule has 4 fully saturated rings. The molecule has 0 unspecified atom stereocenters. The molecule has 0 heterocycles. The standard InChI is InChI=1S/C21H30O3/c1-4-20(2,3)17-15(8-16(22)18(23)19(17)24)21-9-12-5-13(10-21)7-14(6-12)11-21/h8,12-14,22-24H,4-7,9-11H2,1-3H3. The lowest BCUT2D eigenvalue weighted by molar-refractivity contribution is -0.00625. The highest BCUT2D eigenvalue weighted by atomic mass is 16.3. The van der Waals surface area contributed by atoms with E-state index in [1.165, 1.54) is 38.5 Å². The van der Waals surface area contributed by atoms with Crippen molar-refractivity contribution >= 4 is 0 Å². The molecule has 3 nitrogen and oxygen atoms in total. The molecule has 0 aromatic heterocycles. The topological polar surface area (TPSA) is 60.7 Å². The highest BCUT2D eigenvalue weighted by molar-refractivity contribution is 5.61. The largest absolute Gasteiger partial charge is 0.504 e. The van der Waals surface area contributed by atoms with Crippen molar-refractivity contribution in [1.82, 2.24) is 0 Å². The number of hydrogen-bond donors (Lipinski definition) is 3. The Labute approximate surface area is 144 Å². The van der Waals surface area contributed by atoms with E-state index in [0.717, 1.165) is 35.3 Å². The summed E-state index contributed by atoms with van der Waals surface area (Å²) in [5, 5.41) is 31.1. The molecule has 132 valence electrons. The third kappa shape index (κ3) is 2.16. The van der Waals surface area contributed by atoms with E-state index in [0.29, 0.717) is 0 Å². The van der Waals surface area contributed by atoms with Gasteiger partial charge in [-0.3, -0.25) is 0 Å². The van der Waals surface area contributed by atoms with Crippen molar-refractivity contribution in [1.29, 1.82) is 0 Å². The lowest BCUT2D eigenvalue weighted by atomic mass is 9.47. The molecule has 0 spiro atoms. The van der Waals surface area contributed by atoms with E-state index < -0.39 is 0 Å². The number of hydrogen-bond acceptors (Lipinski definition) is 3. The summed E-state index contributed by atoms with van der Waals surface area (Å²) in [5.74, 6) is 1.76. The first-order valence-corrected chi connectivity index (χ1v) is 9.54. The molecular formula is C21H30O3. The molecule has 4 aliphatic rings. The van der Waals surface area contributed by atoms with Crippen LogP contribution in [0.2, 0.25) is 0 Å². The molecule has 3 heteroatoms. The maximum atomic E-state index is 10.7. The minimum atomic E-state index is -0.361. The molecule has 0 atom stereocenters. The number of rotatable bonds is 3. The molecule has 1 aromatic carbocycles. The van der Waals surface area contributed by atoms with Crippen LogP contribution in [0, 0.1) is 17.8 Å². The van der Waals surface area contributed by atoms with Crippen molar-refractivity contribution < 1.29 is 15.3 Å². The van der Waals surface area contributed by atoms with E-state index in [1.807, 2.05) is 0 Å². The average Bonchev–Trinajstić information content (AvgIpc) is 2.50. The summed E-state index contributed by atoms with van der Waals surface area (Å²) in [4.78, 5) is 0. The number of aromatic hydroxyl groups is 3. The predicted octanol–water partition coefficient (Wildman–Crippen LogP) is 4.96. The molecule has 1 aromatic rings. The lowest BCUT2D eigenvalue weighted by Crippen LogP contribution is -2.49. The number of benzene rings is 1. The first-order chi connectivity index (χ1) is 11.3. The summed E-state index contributed by atoms with van der Waals surface area (Å²) in [6.45, 7) is 6.37. The van der Waals surface area contributed by atoms with Gasteiger partial charge in [-0.25, -0.2) is 0 Å². The van der Waals surface area contributed by atoms with Gasteiger partial charge in [0.15, 0.2) is 11.5 Å².